The highest BCUT2D eigenvalue weighted by Crippen LogP contribution is 2.35. The van der Waals surface area contributed by atoms with Crippen LogP contribution in [-0.2, 0) is 0 Å². The van der Waals surface area contributed by atoms with E-state index in [2.05, 4.69) is 6.92 Å². The van der Waals surface area contributed by atoms with Crippen LogP contribution in [0.15, 0.2) is 42.2 Å². The Hall–Kier alpha value is -2.95. The minimum Gasteiger partial charge on any atom is -0.508 e. The standard InChI is InChI=1S/C21H22O5/c1-3-4-5-10-25-17-9-6-14(11-19(17)24-2)12-20-21(23)16-8-7-15(22)13-18(16)26-20/h6-9,11-13,22H,3-5,10H2,1-2H3/b20-12+. The molecule has 0 fully saturated rings. The highest BCUT2D eigenvalue weighted by molar-refractivity contribution is 6.14. The molecule has 0 atom stereocenters. The fourth-order valence-corrected chi connectivity index (χ4v) is 2.75. The van der Waals surface area contributed by atoms with Gasteiger partial charge in [0.05, 0.1) is 19.3 Å². The summed E-state index contributed by atoms with van der Waals surface area (Å²) >= 11 is 0. The van der Waals surface area contributed by atoms with Crippen LogP contribution < -0.4 is 14.2 Å². The van der Waals surface area contributed by atoms with Crippen LogP contribution in [0.4, 0.5) is 0 Å². The number of ether oxygens (including phenoxy) is 3. The average Bonchev–Trinajstić information content (AvgIpc) is 2.94. The number of unbranched alkanes of at least 4 members (excludes halogenated alkanes) is 2. The summed E-state index contributed by atoms with van der Waals surface area (Å²) in [6.07, 6.45) is 4.92. The Balaban J connectivity index is 1.78. The number of carbonyl (C=O) groups excluding carboxylic acids is 1. The summed E-state index contributed by atoms with van der Waals surface area (Å²) in [5.41, 5.74) is 1.21. The molecule has 1 aliphatic heterocycles. The number of ketones is 1. The number of methoxy groups -OCH3 is 1. The number of aromatic hydroxyl groups is 1. The van der Waals surface area contributed by atoms with Gasteiger partial charge in [0, 0.05) is 6.07 Å². The van der Waals surface area contributed by atoms with Gasteiger partial charge in [-0.2, -0.15) is 0 Å². The Morgan fingerprint density at radius 1 is 1.12 bits per heavy atom. The third kappa shape index (κ3) is 3.82. The van der Waals surface area contributed by atoms with Gasteiger partial charge < -0.3 is 19.3 Å². The number of carbonyl (C=O) groups is 1. The molecule has 1 heterocycles. The lowest BCUT2D eigenvalue weighted by molar-refractivity contribution is 0.101. The van der Waals surface area contributed by atoms with Gasteiger partial charge in [-0.05, 0) is 42.3 Å². The minimum atomic E-state index is -0.209. The molecule has 26 heavy (non-hydrogen) atoms. The van der Waals surface area contributed by atoms with Gasteiger partial charge in [-0.1, -0.05) is 25.8 Å². The molecule has 2 aromatic carbocycles. The number of benzene rings is 2. The van der Waals surface area contributed by atoms with Crippen molar-refractivity contribution in [2.24, 2.45) is 0 Å². The number of hydrogen-bond donors (Lipinski definition) is 1. The van der Waals surface area contributed by atoms with Gasteiger partial charge in [0.25, 0.3) is 0 Å². The first-order chi connectivity index (χ1) is 12.6. The first-order valence-corrected chi connectivity index (χ1v) is 8.70. The summed E-state index contributed by atoms with van der Waals surface area (Å²) in [6.45, 7) is 2.79. The van der Waals surface area contributed by atoms with E-state index >= 15 is 0 Å². The van der Waals surface area contributed by atoms with Crippen molar-refractivity contribution in [3.63, 3.8) is 0 Å². The van der Waals surface area contributed by atoms with Crippen LogP contribution in [0.25, 0.3) is 6.08 Å². The molecule has 0 aromatic heterocycles. The number of phenols is 1. The van der Waals surface area contributed by atoms with Crippen LogP contribution in [0.2, 0.25) is 0 Å². The molecule has 2 aromatic rings. The molecule has 1 N–H and O–H groups in total. The second-order valence-electron chi connectivity index (χ2n) is 6.09. The summed E-state index contributed by atoms with van der Waals surface area (Å²) in [5, 5.41) is 9.52. The van der Waals surface area contributed by atoms with Gasteiger partial charge in [0.2, 0.25) is 5.78 Å². The predicted molar refractivity (Wildman–Crippen MR) is 99.1 cm³/mol. The van der Waals surface area contributed by atoms with Gasteiger partial charge in [-0.3, -0.25) is 4.79 Å². The maximum absolute atomic E-state index is 12.4. The third-order valence-corrected chi connectivity index (χ3v) is 4.14. The number of fused-ring (bicyclic) bond motifs is 1. The molecule has 0 radical (unpaired) electrons. The van der Waals surface area contributed by atoms with Crippen molar-refractivity contribution in [3.8, 4) is 23.0 Å². The maximum Gasteiger partial charge on any atom is 0.231 e. The van der Waals surface area contributed by atoms with Crippen LogP contribution in [0.3, 0.4) is 0 Å². The molecule has 0 saturated carbocycles. The SMILES string of the molecule is CCCCCOc1ccc(/C=C2/Oc3cc(O)ccc3C2=O)cc1OC. The monoisotopic (exact) mass is 354 g/mol. The van der Waals surface area contributed by atoms with Crippen molar-refractivity contribution in [2.75, 3.05) is 13.7 Å². The van der Waals surface area contributed by atoms with E-state index in [-0.39, 0.29) is 17.3 Å². The van der Waals surface area contributed by atoms with Crippen molar-refractivity contribution in [2.45, 2.75) is 26.2 Å². The lowest BCUT2D eigenvalue weighted by Gasteiger charge is -2.11. The topological polar surface area (TPSA) is 65.0 Å². The molecule has 136 valence electrons. The second-order valence-corrected chi connectivity index (χ2v) is 6.09. The summed E-state index contributed by atoms with van der Waals surface area (Å²) in [7, 11) is 1.58. The molecule has 0 spiro atoms. The highest BCUT2D eigenvalue weighted by Gasteiger charge is 2.27. The first kappa shape index (κ1) is 17.9. The zero-order valence-electron chi connectivity index (χ0n) is 15.0. The summed E-state index contributed by atoms with van der Waals surface area (Å²) in [4.78, 5) is 12.4. The van der Waals surface area contributed by atoms with E-state index in [0.717, 1.165) is 24.8 Å². The summed E-state index contributed by atoms with van der Waals surface area (Å²) in [6, 6.07) is 9.94. The smallest absolute Gasteiger partial charge is 0.231 e. The molecule has 0 bridgehead atoms. The number of Topliss-reactive ketones (excluding diaryl/α,β-unsaturated/α-hetero) is 1. The molecular weight excluding hydrogens is 332 g/mol. The summed E-state index contributed by atoms with van der Waals surface area (Å²) < 4.78 is 16.7. The van der Waals surface area contributed by atoms with Crippen LogP contribution in [-0.4, -0.2) is 24.6 Å². The normalized spacial score (nSPS) is 14.2. The van der Waals surface area contributed by atoms with E-state index < -0.39 is 0 Å². The Morgan fingerprint density at radius 2 is 1.96 bits per heavy atom. The number of phenolic OH excluding ortho intramolecular Hbond substituents is 1. The van der Waals surface area contributed by atoms with Crippen molar-refractivity contribution in [1.82, 2.24) is 0 Å². The van der Waals surface area contributed by atoms with E-state index in [0.29, 0.717) is 29.4 Å². The van der Waals surface area contributed by atoms with Crippen LogP contribution >= 0.6 is 0 Å². The van der Waals surface area contributed by atoms with Crippen molar-refractivity contribution >= 4 is 11.9 Å². The fraction of sp³-hybridized carbons (Fsp3) is 0.286. The fourth-order valence-electron chi connectivity index (χ4n) is 2.75. The molecule has 5 nitrogen and oxygen atoms in total. The van der Waals surface area contributed by atoms with E-state index in [9.17, 15) is 9.90 Å². The van der Waals surface area contributed by atoms with Gasteiger partial charge >= 0.3 is 0 Å². The van der Waals surface area contributed by atoms with Crippen molar-refractivity contribution < 1.29 is 24.1 Å². The van der Waals surface area contributed by atoms with Crippen LogP contribution in [0, 0.1) is 0 Å². The summed E-state index contributed by atoms with van der Waals surface area (Å²) in [5.74, 6) is 1.71. The highest BCUT2D eigenvalue weighted by atomic mass is 16.5. The molecule has 3 rings (SSSR count). The Bertz CT molecular complexity index is 838. The lowest BCUT2D eigenvalue weighted by atomic mass is 10.1. The minimum absolute atomic E-state index is 0.0593. The van der Waals surface area contributed by atoms with Gasteiger partial charge in [0.1, 0.15) is 11.5 Å². The zero-order chi connectivity index (χ0) is 18.5. The van der Waals surface area contributed by atoms with Gasteiger partial charge in [-0.25, -0.2) is 0 Å². The Labute approximate surface area is 152 Å². The lowest BCUT2D eigenvalue weighted by Crippen LogP contribution is -2.00. The van der Waals surface area contributed by atoms with Gasteiger partial charge in [0.15, 0.2) is 17.3 Å². The van der Waals surface area contributed by atoms with E-state index in [4.69, 9.17) is 14.2 Å². The average molecular weight is 354 g/mol. The van der Waals surface area contributed by atoms with Crippen molar-refractivity contribution in [3.05, 3.63) is 53.3 Å². The van der Waals surface area contributed by atoms with E-state index in [1.807, 2.05) is 12.1 Å². The molecule has 0 unspecified atom stereocenters. The largest absolute Gasteiger partial charge is 0.508 e. The van der Waals surface area contributed by atoms with E-state index in [1.54, 1.807) is 25.3 Å². The third-order valence-electron chi connectivity index (χ3n) is 4.14. The Morgan fingerprint density at radius 3 is 2.73 bits per heavy atom. The maximum atomic E-state index is 12.4. The first-order valence-electron chi connectivity index (χ1n) is 8.70. The quantitative estimate of drug-likeness (QED) is 0.582. The molecule has 0 amide bonds. The number of rotatable bonds is 7. The van der Waals surface area contributed by atoms with Crippen LogP contribution in [0.1, 0.15) is 42.1 Å². The second kappa shape index (κ2) is 7.95. The zero-order valence-corrected chi connectivity index (χ0v) is 15.0. The number of hydrogen-bond acceptors (Lipinski definition) is 5. The van der Waals surface area contributed by atoms with Crippen LogP contribution in [0.5, 0.6) is 23.0 Å². The molecule has 1 aliphatic rings. The molecule has 0 saturated heterocycles. The van der Waals surface area contributed by atoms with E-state index in [1.165, 1.54) is 12.1 Å². The molecule has 5 heteroatoms. The van der Waals surface area contributed by atoms with Crippen molar-refractivity contribution in [1.29, 1.82) is 0 Å². The molecule has 0 aliphatic carbocycles. The molecular formula is C21H22O5. The Kier molecular flexibility index (Phi) is 5.46. The van der Waals surface area contributed by atoms with Gasteiger partial charge in [-0.15, -0.1) is 0 Å². The number of allylic oxidation sites excluding steroid dienone is 1. The predicted octanol–water partition coefficient (Wildman–Crippen LogP) is 4.59.